The molecule has 0 unspecified atom stereocenters. The summed E-state index contributed by atoms with van der Waals surface area (Å²) in [6, 6.07) is 5.63. The largest absolute Gasteiger partial charge is 0.286 e. The summed E-state index contributed by atoms with van der Waals surface area (Å²) in [5.41, 5.74) is 1.88. The molecule has 4 heteroatoms. The predicted octanol–water partition coefficient (Wildman–Crippen LogP) is 2.42. The molecule has 0 aromatic carbocycles. The van der Waals surface area contributed by atoms with Crippen LogP contribution in [0.5, 0.6) is 0 Å². The van der Waals surface area contributed by atoms with E-state index in [-0.39, 0.29) is 0 Å². The highest BCUT2D eigenvalue weighted by atomic mass is 35.5. The number of halogens is 1. The molecule has 2 aromatic rings. The third-order valence-electron chi connectivity index (χ3n) is 1.72. The number of aromatic nitrogens is 2. The Kier molecular flexibility index (Phi) is 1.98. The normalized spacial score (nSPS) is 10.8. The fourth-order valence-electron chi connectivity index (χ4n) is 1.17. The Hall–Kier alpha value is -0.670. The number of hydrogen-bond donors (Lipinski definition) is 1. The van der Waals surface area contributed by atoms with E-state index in [1.165, 1.54) is 0 Å². The lowest BCUT2D eigenvalue weighted by Crippen LogP contribution is -1.90. The molecule has 0 atom stereocenters. The van der Waals surface area contributed by atoms with Gasteiger partial charge < -0.3 is 0 Å². The van der Waals surface area contributed by atoms with Crippen molar-refractivity contribution in [3.05, 3.63) is 35.2 Å². The molecule has 0 radical (unpaired) electrons. The van der Waals surface area contributed by atoms with E-state index >= 15 is 0 Å². The van der Waals surface area contributed by atoms with Crippen molar-refractivity contribution < 1.29 is 0 Å². The summed E-state index contributed by atoms with van der Waals surface area (Å²) in [6.07, 6.45) is 1.79. The average Bonchev–Trinajstić information content (AvgIpc) is 2.49. The summed E-state index contributed by atoms with van der Waals surface area (Å²) in [5, 5.41) is 0.675. The zero-order valence-corrected chi connectivity index (χ0v) is 7.89. The van der Waals surface area contributed by atoms with Gasteiger partial charge in [0.25, 0.3) is 0 Å². The summed E-state index contributed by atoms with van der Waals surface area (Å²) >= 11 is 10.2. The Labute approximate surface area is 80.6 Å². The monoisotopic (exact) mass is 198 g/mol. The third-order valence-corrected chi connectivity index (χ3v) is 2.34. The van der Waals surface area contributed by atoms with Gasteiger partial charge in [0.1, 0.15) is 10.8 Å². The number of hydrogen-bond acceptors (Lipinski definition) is 2. The van der Waals surface area contributed by atoms with Crippen molar-refractivity contribution in [2.75, 3.05) is 0 Å². The number of thiol groups is 1. The van der Waals surface area contributed by atoms with E-state index in [0.29, 0.717) is 10.9 Å². The SMILES string of the molecule is SCc1cnc2cccc(Cl)n12. The highest BCUT2D eigenvalue weighted by Crippen LogP contribution is 2.15. The Morgan fingerprint density at radius 2 is 2.33 bits per heavy atom. The first-order valence-electron chi connectivity index (χ1n) is 3.54. The highest BCUT2D eigenvalue weighted by molar-refractivity contribution is 7.79. The lowest BCUT2D eigenvalue weighted by Gasteiger charge is -1.99. The molecule has 0 amide bonds. The van der Waals surface area contributed by atoms with E-state index in [1.807, 2.05) is 22.6 Å². The topological polar surface area (TPSA) is 17.3 Å². The van der Waals surface area contributed by atoms with E-state index in [0.717, 1.165) is 11.3 Å². The molecule has 12 heavy (non-hydrogen) atoms. The minimum absolute atomic E-state index is 0.644. The van der Waals surface area contributed by atoms with Gasteiger partial charge in [0.05, 0.1) is 11.9 Å². The zero-order chi connectivity index (χ0) is 8.55. The molecule has 0 fully saturated rings. The van der Waals surface area contributed by atoms with Crippen LogP contribution in [0.25, 0.3) is 5.65 Å². The molecular formula is C8H7ClN2S. The number of pyridine rings is 1. The molecule has 0 saturated heterocycles. The summed E-state index contributed by atoms with van der Waals surface area (Å²) in [4.78, 5) is 4.18. The van der Waals surface area contributed by atoms with E-state index in [1.54, 1.807) is 6.20 Å². The van der Waals surface area contributed by atoms with Gasteiger partial charge in [0.15, 0.2) is 0 Å². The molecule has 0 bridgehead atoms. The van der Waals surface area contributed by atoms with Gasteiger partial charge in [-0.25, -0.2) is 4.98 Å². The second-order valence-electron chi connectivity index (χ2n) is 2.45. The van der Waals surface area contributed by atoms with Crippen LogP contribution in [-0.4, -0.2) is 9.38 Å². The summed E-state index contributed by atoms with van der Waals surface area (Å²) < 4.78 is 1.88. The van der Waals surface area contributed by atoms with Gasteiger partial charge in [0, 0.05) is 5.75 Å². The number of nitrogens with zero attached hydrogens (tertiary/aromatic N) is 2. The molecule has 0 aliphatic carbocycles. The zero-order valence-electron chi connectivity index (χ0n) is 6.24. The summed E-state index contributed by atoms with van der Waals surface area (Å²) in [7, 11) is 0. The van der Waals surface area contributed by atoms with Crippen LogP contribution in [0.4, 0.5) is 0 Å². The van der Waals surface area contributed by atoms with Gasteiger partial charge in [-0.05, 0) is 12.1 Å². The number of fused-ring (bicyclic) bond motifs is 1. The molecule has 0 spiro atoms. The maximum Gasteiger partial charge on any atom is 0.138 e. The summed E-state index contributed by atoms with van der Waals surface area (Å²) in [6.45, 7) is 0. The maximum atomic E-state index is 5.97. The maximum absolute atomic E-state index is 5.97. The Morgan fingerprint density at radius 3 is 3.08 bits per heavy atom. The fourth-order valence-corrected chi connectivity index (χ4v) is 1.66. The van der Waals surface area contributed by atoms with Crippen LogP contribution in [0.1, 0.15) is 5.69 Å². The fraction of sp³-hybridized carbons (Fsp3) is 0.125. The number of rotatable bonds is 1. The van der Waals surface area contributed by atoms with Crippen molar-refractivity contribution in [1.82, 2.24) is 9.38 Å². The minimum Gasteiger partial charge on any atom is -0.286 e. The second-order valence-corrected chi connectivity index (χ2v) is 3.15. The minimum atomic E-state index is 0.644. The molecule has 0 saturated carbocycles. The molecule has 2 heterocycles. The molecule has 0 aliphatic rings. The number of imidazole rings is 1. The lowest BCUT2D eigenvalue weighted by molar-refractivity contribution is 1.10. The highest BCUT2D eigenvalue weighted by Gasteiger charge is 2.02. The van der Waals surface area contributed by atoms with Gasteiger partial charge in [-0.1, -0.05) is 17.7 Å². The molecular weight excluding hydrogens is 192 g/mol. The van der Waals surface area contributed by atoms with Crippen molar-refractivity contribution in [2.24, 2.45) is 0 Å². The van der Waals surface area contributed by atoms with Crippen molar-refractivity contribution in [3.63, 3.8) is 0 Å². The summed E-state index contributed by atoms with van der Waals surface area (Å²) in [5.74, 6) is 0.644. The average molecular weight is 199 g/mol. The first-order chi connectivity index (χ1) is 5.83. The van der Waals surface area contributed by atoms with Gasteiger partial charge in [0.2, 0.25) is 0 Å². The van der Waals surface area contributed by atoms with Crippen LogP contribution < -0.4 is 0 Å². The van der Waals surface area contributed by atoms with E-state index in [9.17, 15) is 0 Å². The van der Waals surface area contributed by atoms with Gasteiger partial charge in [-0.15, -0.1) is 0 Å². The molecule has 0 N–H and O–H groups in total. The van der Waals surface area contributed by atoms with Gasteiger partial charge in [-0.3, -0.25) is 4.40 Å². The smallest absolute Gasteiger partial charge is 0.138 e. The third kappa shape index (κ3) is 1.09. The first-order valence-corrected chi connectivity index (χ1v) is 4.55. The first kappa shape index (κ1) is 7.95. The predicted molar refractivity (Wildman–Crippen MR) is 52.9 cm³/mol. The quantitative estimate of drug-likeness (QED) is 0.550. The van der Waals surface area contributed by atoms with E-state index in [2.05, 4.69) is 17.6 Å². The molecule has 2 nitrogen and oxygen atoms in total. The second kappa shape index (κ2) is 2.99. The van der Waals surface area contributed by atoms with Crippen LogP contribution >= 0.6 is 24.2 Å². The van der Waals surface area contributed by atoms with Crippen LogP contribution in [0.3, 0.4) is 0 Å². The van der Waals surface area contributed by atoms with Crippen LogP contribution in [-0.2, 0) is 5.75 Å². The van der Waals surface area contributed by atoms with Crippen LogP contribution in [0.15, 0.2) is 24.4 Å². The van der Waals surface area contributed by atoms with E-state index < -0.39 is 0 Å². The van der Waals surface area contributed by atoms with Crippen molar-refractivity contribution in [1.29, 1.82) is 0 Å². The molecule has 2 rings (SSSR count). The Balaban J connectivity index is 2.83. The molecule has 0 aliphatic heterocycles. The molecule has 2 aromatic heterocycles. The Bertz CT molecular complexity index is 410. The van der Waals surface area contributed by atoms with E-state index in [4.69, 9.17) is 11.6 Å². The standard InChI is InChI=1S/C8H7ClN2S/c9-7-2-1-3-8-10-4-6(5-12)11(7)8/h1-4,12H,5H2. The molecule has 62 valence electrons. The van der Waals surface area contributed by atoms with Gasteiger partial charge >= 0.3 is 0 Å². The van der Waals surface area contributed by atoms with Crippen molar-refractivity contribution >= 4 is 29.9 Å². The van der Waals surface area contributed by atoms with Crippen molar-refractivity contribution in [3.8, 4) is 0 Å². The Morgan fingerprint density at radius 1 is 1.50 bits per heavy atom. The van der Waals surface area contributed by atoms with Crippen LogP contribution in [0.2, 0.25) is 5.15 Å². The van der Waals surface area contributed by atoms with Crippen molar-refractivity contribution in [2.45, 2.75) is 5.75 Å². The van der Waals surface area contributed by atoms with Gasteiger partial charge in [-0.2, -0.15) is 12.6 Å². The lowest BCUT2D eigenvalue weighted by atomic mass is 10.4. The van der Waals surface area contributed by atoms with Crippen LogP contribution in [0, 0.1) is 0 Å².